The Kier molecular flexibility index (Phi) is 6.63. The quantitative estimate of drug-likeness (QED) is 0.346. The predicted octanol–water partition coefficient (Wildman–Crippen LogP) is 6.51. The summed E-state index contributed by atoms with van der Waals surface area (Å²) in [6.45, 7) is 1.96. The van der Waals surface area contributed by atoms with Gasteiger partial charge in [-0.05, 0) is 55.0 Å². The lowest BCUT2D eigenvalue weighted by Gasteiger charge is -2.43. The zero-order valence-corrected chi connectivity index (χ0v) is 22.7. The molecule has 190 valence electrons. The van der Waals surface area contributed by atoms with E-state index in [1.54, 1.807) is 7.11 Å². The molecule has 1 aromatic heterocycles. The van der Waals surface area contributed by atoms with Crippen LogP contribution in [0.25, 0.3) is 10.9 Å². The van der Waals surface area contributed by atoms with Crippen LogP contribution in [-0.4, -0.2) is 41.3 Å². The molecule has 0 spiro atoms. The number of allylic oxidation sites excluding steroid dienone is 4. The monoisotopic (exact) mass is 558 g/mol. The number of halogens is 1. The van der Waals surface area contributed by atoms with E-state index < -0.39 is 0 Å². The van der Waals surface area contributed by atoms with E-state index in [9.17, 15) is 9.59 Å². The van der Waals surface area contributed by atoms with Crippen LogP contribution in [0.1, 0.15) is 55.6 Å². The Bertz CT molecular complexity index is 1400. The summed E-state index contributed by atoms with van der Waals surface area (Å²) in [5.41, 5.74) is 7.29. The van der Waals surface area contributed by atoms with Crippen LogP contribution in [-0.2, 0) is 20.9 Å². The molecule has 0 unspecified atom stereocenters. The molecule has 0 bridgehead atoms. The molecule has 1 aliphatic heterocycles. The minimum absolute atomic E-state index is 0.184. The minimum atomic E-state index is -0.305. The average molecular weight is 560 g/mol. The van der Waals surface area contributed by atoms with Crippen molar-refractivity contribution in [1.82, 2.24) is 9.47 Å². The summed E-state index contributed by atoms with van der Waals surface area (Å²) in [5, 5.41) is 1.12. The van der Waals surface area contributed by atoms with Gasteiger partial charge in [-0.3, -0.25) is 9.59 Å². The average Bonchev–Trinajstić information content (AvgIpc) is 3.26. The van der Waals surface area contributed by atoms with Crippen LogP contribution in [0.4, 0.5) is 0 Å². The van der Waals surface area contributed by atoms with Gasteiger partial charge in [0, 0.05) is 83.1 Å². The van der Waals surface area contributed by atoms with Crippen LogP contribution < -0.4 is 0 Å². The molecule has 2 aliphatic carbocycles. The number of fused-ring (bicyclic) bond motifs is 1. The van der Waals surface area contributed by atoms with Crippen molar-refractivity contribution in [2.75, 3.05) is 20.3 Å². The predicted molar refractivity (Wildman–Crippen MR) is 148 cm³/mol. The molecule has 5 nitrogen and oxygen atoms in total. The Morgan fingerprint density at radius 1 is 0.892 bits per heavy atom. The second-order valence-corrected chi connectivity index (χ2v) is 11.1. The summed E-state index contributed by atoms with van der Waals surface area (Å²) in [4.78, 5) is 29.5. The summed E-state index contributed by atoms with van der Waals surface area (Å²) >= 11 is 3.53. The Labute approximate surface area is 225 Å². The van der Waals surface area contributed by atoms with Crippen molar-refractivity contribution in [1.29, 1.82) is 0 Å². The molecular formula is C31H31BrN2O3. The summed E-state index contributed by atoms with van der Waals surface area (Å²) < 4.78 is 8.76. The van der Waals surface area contributed by atoms with Crippen molar-refractivity contribution in [3.63, 3.8) is 0 Å². The smallest absolute Gasteiger partial charge is 0.161 e. The molecule has 37 heavy (non-hydrogen) atoms. The first-order valence-corrected chi connectivity index (χ1v) is 14.0. The second-order valence-electron chi connectivity index (χ2n) is 10.2. The molecule has 6 heteroatoms. The summed E-state index contributed by atoms with van der Waals surface area (Å²) in [6.07, 6.45) is 6.73. The van der Waals surface area contributed by atoms with Crippen LogP contribution >= 0.6 is 15.9 Å². The van der Waals surface area contributed by atoms with Crippen LogP contribution in [0.5, 0.6) is 0 Å². The van der Waals surface area contributed by atoms with E-state index in [-0.39, 0.29) is 17.5 Å². The van der Waals surface area contributed by atoms with Crippen LogP contribution in [0.2, 0.25) is 0 Å². The van der Waals surface area contributed by atoms with Crippen LogP contribution in [0.3, 0.4) is 0 Å². The van der Waals surface area contributed by atoms with E-state index in [2.05, 4.69) is 80.1 Å². The molecule has 3 aliphatic rings. The fourth-order valence-corrected chi connectivity index (χ4v) is 6.67. The standard InChI is InChI=1S/C31H31BrN2O3/c1-37-17-16-34-25-8-4-10-27(35)30(25)29(31-26(34)9-5-11-28(31)36)23-19-33(24-7-3-2-6-22(23)24)18-20-12-14-21(32)15-13-20/h2-3,6-7,12-15,19,29H,4-5,8-11,16-18H2,1H3. The van der Waals surface area contributed by atoms with Gasteiger partial charge in [0.25, 0.3) is 0 Å². The van der Waals surface area contributed by atoms with Gasteiger partial charge in [-0.2, -0.15) is 0 Å². The van der Waals surface area contributed by atoms with Gasteiger partial charge < -0.3 is 14.2 Å². The third-order valence-electron chi connectivity index (χ3n) is 8.00. The normalized spacial score (nSPS) is 18.6. The number of carbonyl (C=O) groups is 2. The maximum atomic E-state index is 13.6. The first kappa shape index (κ1) is 24.4. The minimum Gasteiger partial charge on any atom is -0.383 e. The van der Waals surface area contributed by atoms with Gasteiger partial charge in [-0.15, -0.1) is 0 Å². The number of benzene rings is 2. The lowest BCUT2D eigenvalue weighted by atomic mass is 9.71. The Balaban J connectivity index is 1.55. The number of para-hydroxylation sites is 1. The summed E-state index contributed by atoms with van der Waals surface area (Å²) in [6, 6.07) is 16.8. The Hall–Kier alpha value is -2.96. The fourth-order valence-electron chi connectivity index (χ4n) is 6.40. The van der Waals surface area contributed by atoms with E-state index in [4.69, 9.17) is 4.74 Å². The first-order valence-electron chi connectivity index (χ1n) is 13.2. The van der Waals surface area contributed by atoms with Crippen molar-refractivity contribution in [2.24, 2.45) is 0 Å². The van der Waals surface area contributed by atoms with Gasteiger partial charge in [0.2, 0.25) is 0 Å². The number of hydrogen-bond donors (Lipinski definition) is 0. The number of methoxy groups -OCH3 is 1. The lowest BCUT2D eigenvalue weighted by molar-refractivity contribution is -0.117. The van der Waals surface area contributed by atoms with Gasteiger partial charge >= 0.3 is 0 Å². The highest BCUT2D eigenvalue weighted by atomic mass is 79.9. The Morgan fingerprint density at radius 2 is 1.54 bits per heavy atom. The number of nitrogens with zero attached hydrogens (tertiary/aromatic N) is 2. The topological polar surface area (TPSA) is 51.5 Å². The number of carbonyl (C=O) groups excluding carboxylic acids is 2. The molecule has 0 N–H and O–H groups in total. The SMILES string of the molecule is COCCN1C2=C(C(=O)CCC2)C(c2cn(Cc3ccc(Br)cc3)c3ccccc23)C2=C1CCCC2=O. The zero-order chi connectivity index (χ0) is 25.5. The van der Waals surface area contributed by atoms with Crippen molar-refractivity contribution < 1.29 is 14.3 Å². The number of Topliss-reactive ketones (excluding diaryl/α,β-unsaturated/α-hetero) is 2. The highest BCUT2D eigenvalue weighted by molar-refractivity contribution is 9.10. The highest BCUT2D eigenvalue weighted by Gasteiger charge is 2.44. The highest BCUT2D eigenvalue weighted by Crippen LogP contribution is 2.50. The molecule has 0 atom stereocenters. The molecule has 0 saturated heterocycles. The molecular weight excluding hydrogens is 528 g/mol. The molecule has 2 heterocycles. The third kappa shape index (κ3) is 4.30. The van der Waals surface area contributed by atoms with E-state index >= 15 is 0 Å². The first-order chi connectivity index (χ1) is 18.1. The molecule has 0 saturated carbocycles. The number of aromatic nitrogens is 1. The fraction of sp³-hybridized carbons (Fsp3) is 0.355. The Morgan fingerprint density at radius 3 is 2.19 bits per heavy atom. The largest absolute Gasteiger partial charge is 0.383 e. The van der Waals surface area contributed by atoms with Gasteiger partial charge in [0.15, 0.2) is 11.6 Å². The molecule has 2 aromatic carbocycles. The van der Waals surface area contributed by atoms with E-state index in [0.29, 0.717) is 26.0 Å². The molecule has 0 amide bonds. The van der Waals surface area contributed by atoms with Gasteiger partial charge in [0.05, 0.1) is 6.61 Å². The van der Waals surface area contributed by atoms with Crippen LogP contribution in [0.15, 0.2) is 81.7 Å². The van der Waals surface area contributed by atoms with Crippen molar-refractivity contribution in [2.45, 2.75) is 51.0 Å². The van der Waals surface area contributed by atoms with Crippen molar-refractivity contribution in [3.05, 3.63) is 92.9 Å². The molecule has 3 aromatic rings. The van der Waals surface area contributed by atoms with Crippen LogP contribution in [0, 0.1) is 0 Å². The van der Waals surface area contributed by atoms with E-state index in [1.165, 1.54) is 5.56 Å². The number of ether oxygens (including phenoxy) is 1. The molecule has 0 radical (unpaired) electrons. The molecule has 6 rings (SSSR count). The summed E-state index contributed by atoms with van der Waals surface area (Å²) in [7, 11) is 1.70. The maximum Gasteiger partial charge on any atom is 0.161 e. The second kappa shape index (κ2) is 10.1. The number of hydrogen-bond acceptors (Lipinski definition) is 4. The van der Waals surface area contributed by atoms with E-state index in [0.717, 1.165) is 75.7 Å². The number of ketones is 2. The molecule has 0 fully saturated rings. The van der Waals surface area contributed by atoms with Crippen molar-refractivity contribution in [3.8, 4) is 0 Å². The zero-order valence-electron chi connectivity index (χ0n) is 21.1. The third-order valence-corrected chi connectivity index (χ3v) is 8.53. The lowest BCUT2D eigenvalue weighted by Crippen LogP contribution is -2.40. The van der Waals surface area contributed by atoms with Gasteiger partial charge in [0.1, 0.15) is 0 Å². The number of rotatable bonds is 6. The van der Waals surface area contributed by atoms with E-state index in [1.807, 2.05) is 0 Å². The van der Waals surface area contributed by atoms with Gasteiger partial charge in [-0.25, -0.2) is 0 Å². The maximum absolute atomic E-state index is 13.6. The summed E-state index contributed by atoms with van der Waals surface area (Å²) in [5.74, 6) is 0.0622. The van der Waals surface area contributed by atoms with Gasteiger partial charge in [-0.1, -0.05) is 46.3 Å². The van der Waals surface area contributed by atoms with Crippen molar-refractivity contribution >= 4 is 38.4 Å².